The van der Waals surface area contributed by atoms with E-state index in [0.717, 1.165) is 44.7 Å². The maximum atomic E-state index is 12.3. The number of nitrogens with one attached hydrogen (secondary N) is 1. The zero-order valence-corrected chi connectivity index (χ0v) is 13.8. The first-order valence-corrected chi connectivity index (χ1v) is 7.80. The maximum Gasteiger partial charge on any atom is 0.321 e. The second-order valence-electron chi connectivity index (χ2n) is 6.14. The molecule has 1 aliphatic heterocycles. The number of carbonyl (C=O) groups excluding carboxylic acids is 1. The minimum absolute atomic E-state index is 0.0482. The molecule has 0 unspecified atom stereocenters. The van der Waals surface area contributed by atoms with Gasteiger partial charge < -0.3 is 19.9 Å². The quantitative estimate of drug-likeness (QED) is 0.861. The summed E-state index contributed by atoms with van der Waals surface area (Å²) in [4.78, 5) is 16.3. The van der Waals surface area contributed by atoms with Crippen LogP contribution >= 0.6 is 0 Å². The summed E-state index contributed by atoms with van der Waals surface area (Å²) in [5.74, 6) is 0.437. The van der Waals surface area contributed by atoms with E-state index in [1.807, 2.05) is 29.9 Å². The fourth-order valence-corrected chi connectivity index (χ4v) is 2.68. The Kier molecular flexibility index (Phi) is 6.21. The lowest BCUT2D eigenvalue weighted by atomic mass is 9.99. The fourth-order valence-electron chi connectivity index (χ4n) is 2.68. The van der Waals surface area contributed by atoms with E-state index in [1.165, 1.54) is 0 Å². The Labute approximate surface area is 132 Å². The van der Waals surface area contributed by atoms with Gasteiger partial charge in [0.2, 0.25) is 0 Å². The van der Waals surface area contributed by atoms with Crippen LogP contribution in [0.1, 0.15) is 12.8 Å². The number of amides is 2. The van der Waals surface area contributed by atoms with Gasteiger partial charge in [0, 0.05) is 38.9 Å². The Morgan fingerprint density at radius 3 is 3.09 bits per heavy atom. The number of likely N-dealkylation sites (N-methyl/N-ethyl adjacent to an activating group) is 1. The zero-order chi connectivity index (χ0) is 15.9. The van der Waals surface area contributed by atoms with E-state index < -0.39 is 0 Å². The molecule has 22 heavy (non-hydrogen) atoms. The standard InChI is InChI=1S/C15H27N5O2/c1-18(2)7-8-20-11-14(9-16-20)17-15(21)19-6-4-5-13(10-19)12-22-3/h9,11,13H,4-8,10,12H2,1-3H3,(H,17,21)/t13-/m1/s1. The average Bonchev–Trinajstić information content (AvgIpc) is 2.93. The van der Waals surface area contributed by atoms with Gasteiger partial charge in [-0.15, -0.1) is 0 Å². The third kappa shape index (κ3) is 4.99. The molecule has 2 rings (SSSR count). The van der Waals surface area contributed by atoms with Crippen molar-refractivity contribution in [2.45, 2.75) is 19.4 Å². The van der Waals surface area contributed by atoms with Gasteiger partial charge in [-0.2, -0.15) is 5.10 Å². The van der Waals surface area contributed by atoms with Crippen LogP contribution < -0.4 is 5.32 Å². The molecule has 7 heteroatoms. The van der Waals surface area contributed by atoms with Crippen LogP contribution in [-0.2, 0) is 11.3 Å². The van der Waals surface area contributed by atoms with Crippen LogP contribution in [0.4, 0.5) is 10.5 Å². The molecule has 1 N–H and O–H groups in total. The van der Waals surface area contributed by atoms with Gasteiger partial charge in [0.05, 0.1) is 25.0 Å². The second-order valence-corrected chi connectivity index (χ2v) is 6.14. The first kappa shape index (κ1) is 16.8. The largest absolute Gasteiger partial charge is 0.384 e. The molecule has 0 aromatic carbocycles. The number of methoxy groups -OCH3 is 1. The van der Waals surface area contributed by atoms with Crippen molar-refractivity contribution in [2.75, 3.05) is 52.8 Å². The van der Waals surface area contributed by atoms with Crippen molar-refractivity contribution < 1.29 is 9.53 Å². The SMILES string of the molecule is COC[C@@H]1CCCN(C(=O)Nc2cnn(CCN(C)C)c2)C1. The smallest absolute Gasteiger partial charge is 0.321 e. The van der Waals surface area contributed by atoms with Gasteiger partial charge in [-0.25, -0.2) is 4.79 Å². The number of rotatable bonds is 6. The number of aromatic nitrogens is 2. The topological polar surface area (TPSA) is 62.6 Å². The van der Waals surface area contributed by atoms with Gasteiger partial charge in [-0.3, -0.25) is 4.68 Å². The molecule has 1 aliphatic rings. The number of anilines is 1. The minimum Gasteiger partial charge on any atom is -0.384 e. The number of piperidine rings is 1. The zero-order valence-electron chi connectivity index (χ0n) is 13.8. The molecule has 1 atom stereocenters. The van der Waals surface area contributed by atoms with Crippen molar-refractivity contribution in [3.05, 3.63) is 12.4 Å². The van der Waals surface area contributed by atoms with Gasteiger partial charge in [-0.05, 0) is 26.9 Å². The van der Waals surface area contributed by atoms with Gasteiger partial charge in [-0.1, -0.05) is 0 Å². The Balaban J connectivity index is 1.83. The predicted octanol–water partition coefficient (Wildman–Crippen LogP) is 1.33. The summed E-state index contributed by atoms with van der Waals surface area (Å²) < 4.78 is 7.05. The Hall–Kier alpha value is -1.60. The molecule has 1 aromatic heterocycles. The summed E-state index contributed by atoms with van der Waals surface area (Å²) in [7, 11) is 5.76. The van der Waals surface area contributed by atoms with E-state index in [4.69, 9.17) is 4.74 Å². The van der Waals surface area contributed by atoms with Crippen molar-refractivity contribution in [3.63, 3.8) is 0 Å². The molecule has 1 aromatic rings. The highest BCUT2D eigenvalue weighted by Crippen LogP contribution is 2.17. The van der Waals surface area contributed by atoms with Crippen LogP contribution in [0.5, 0.6) is 0 Å². The second kappa shape index (κ2) is 8.14. The Morgan fingerprint density at radius 2 is 2.36 bits per heavy atom. The van der Waals surface area contributed by atoms with Crippen molar-refractivity contribution in [3.8, 4) is 0 Å². The van der Waals surface area contributed by atoms with E-state index in [-0.39, 0.29) is 6.03 Å². The summed E-state index contributed by atoms with van der Waals surface area (Å²) in [6.45, 7) is 4.00. The predicted molar refractivity (Wildman–Crippen MR) is 86.0 cm³/mol. The van der Waals surface area contributed by atoms with E-state index in [0.29, 0.717) is 12.5 Å². The number of hydrogen-bond donors (Lipinski definition) is 1. The molecular weight excluding hydrogens is 282 g/mol. The summed E-state index contributed by atoms with van der Waals surface area (Å²) >= 11 is 0. The van der Waals surface area contributed by atoms with Crippen molar-refractivity contribution in [1.29, 1.82) is 0 Å². The normalized spacial score (nSPS) is 18.7. The molecular formula is C15H27N5O2. The molecule has 0 aliphatic carbocycles. The fraction of sp³-hybridized carbons (Fsp3) is 0.733. The van der Waals surface area contributed by atoms with Crippen molar-refractivity contribution in [1.82, 2.24) is 19.6 Å². The molecule has 2 heterocycles. The van der Waals surface area contributed by atoms with Crippen LogP contribution in [0.3, 0.4) is 0 Å². The van der Waals surface area contributed by atoms with Crippen LogP contribution in [0, 0.1) is 5.92 Å². The van der Waals surface area contributed by atoms with Crippen LogP contribution in [-0.4, -0.2) is 73.1 Å². The molecule has 124 valence electrons. The Bertz CT molecular complexity index is 472. The monoisotopic (exact) mass is 309 g/mol. The first-order valence-electron chi connectivity index (χ1n) is 7.80. The molecule has 0 radical (unpaired) electrons. The molecule has 2 amide bonds. The minimum atomic E-state index is -0.0482. The highest BCUT2D eigenvalue weighted by Gasteiger charge is 2.23. The van der Waals surface area contributed by atoms with Crippen LogP contribution in [0.25, 0.3) is 0 Å². The number of likely N-dealkylation sites (tertiary alicyclic amines) is 1. The highest BCUT2D eigenvalue weighted by molar-refractivity contribution is 5.89. The van der Waals surface area contributed by atoms with Gasteiger partial charge in [0.1, 0.15) is 0 Å². The van der Waals surface area contributed by atoms with Crippen LogP contribution in [0.15, 0.2) is 12.4 Å². The van der Waals surface area contributed by atoms with E-state index in [1.54, 1.807) is 13.3 Å². The third-order valence-corrected chi connectivity index (χ3v) is 3.87. The molecule has 1 fully saturated rings. The lowest BCUT2D eigenvalue weighted by molar-refractivity contribution is 0.104. The van der Waals surface area contributed by atoms with Gasteiger partial charge >= 0.3 is 6.03 Å². The van der Waals surface area contributed by atoms with Crippen LogP contribution in [0.2, 0.25) is 0 Å². The van der Waals surface area contributed by atoms with Gasteiger partial charge in [0.25, 0.3) is 0 Å². The van der Waals surface area contributed by atoms with Crippen molar-refractivity contribution in [2.24, 2.45) is 5.92 Å². The lowest BCUT2D eigenvalue weighted by Gasteiger charge is -2.32. The number of nitrogens with zero attached hydrogens (tertiary/aromatic N) is 4. The Morgan fingerprint density at radius 1 is 1.55 bits per heavy atom. The van der Waals surface area contributed by atoms with Gasteiger partial charge in [0.15, 0.2) is 0 Å². The number of carbonyl (C=O) groups is 1. The lowest BCUT2D eigenvalue weighted by Crippen LogP contribution is -2.43. The summed E-state index contributed by atoms with van der Waals surface area (Å²) in [6.07, 6.45) is 5.73. The molecule has 0 spiro atoms. The average molecular weight is 309 g/mol. The highest BCUT2D eigenvalue weighted by atomic mass is 16.5. The van der Waals surface area contributed by atoms with Crippen molar-refractivity contribution >= 4 is 11.7 Å². The molecule has 7 nitrogen and oxygen atoms in total. The first-order chi connectivity index (χ1) is 10.6. The van der Waals surface area contributed by atoms with E-state index in [2.05, 4.69) is 15.3 Å². The third-order valence-electron chi connectivity index (χ3n) is 3.87. The molecule has 1 saturated heterocycles. The summed E-state index contributed by atoms with van der Waals surface area (Å²) in [5, 5.41) is 7.20. The number of hydrogen-bond acceptors (Lipinski definition) is 4. The van der Waals surface area contributed by atoms with E-state index >= 15 is 0 Å². The van der Waals surface area contributed by atoms with E-state index in [9.17, 15) is 4.79 Å². The summed E-state index contributed by atoms with van der Waals surface area (Å²) in [6, 6.07) is -0.0482. The molecule has 0 bridgehead atoms. The number of urea groups is 1. The summed E-state index contributed by atoms with van der Waals surface area (Å²) in [5.41, 5.74) is 0.748. The molecule has 0 saturated carbocycles. The number of ether oxygens (including phenoxy) is 1. The maximum absolute atomic E-state index is 12.3.